The number of ketones is 1. The normalized spacial score (nSPS) is 11.8. The van der Waals surface area contributed by atoms with Crippen LogP contribution in [0.2, 0.25) is 0 Å². The van der Waals surface area contributed by atoms with Gasteiger partial charge in [-0.3, -0.25) is 8.98 Å². The summed E-state index contributed by atoms with van der Waals surface area (Å²) in [5.74, 6) is 3.66. The van der Waals surface area contributed by atoms with Gasteiger partial charge in [0, 0.05) is 5.56 Å². The van der Waals surface area contributed by atoms with Crippen LogP contribution in [0.1, 0.15) is 54.5 Å². The van der Waals surface area contributed by atoms with Crippen molar-refractivity contribution >= 4 is 15.9 Å². The van der Waals surface area contributed by atoms with Crippen LogP contribution in [0.3, 0.4) is 0 Å². The van der Waals surface area contributed by atoms with Gasteiger partial charge < -0.3 is 33.5 Å². The molecule has 1 N–H and O–H groups in total. The Hall–Kier alpha value is -4.00. The minimum absolute atomic E-state index is 0.0148. The van der Waals surface area contributed by atoms with Gasteiger partial charge in [0.1, 0.15) is 0 Å². The lowest BCUT2D eigenvalue weighted by atomic mass is 10.1. The van der Waals surface area contributed by atoms with E-state index < -0.39 is 22.3 Å². The molecule has 0 aliphatic heterocycles. The molecule has 0 aliphatic carbocycles. The monoisotopic (exact) mass is 622 g/mol. The van der Waals surface area contributed by atoms with Crippen LogP contribution >= 0.6 is 0 Å². The molecule has 0 saturated heterocycles. The second kappa shape index (κ2) is 17.8. The predicted molar refractivity (Wildman–Crippen MR) is 164 cm³/mol. The number of methoxy groups -OCH3 is 6. The van der Waals surface area contributed by atoms with Gasteiger partial charge in [0.05, 0.1) is 61.1 Å². The molecule has 0 fully saturated rings. The lowest BCUT2D eigenvalue weighted by Gasteiger charge is -2.14. The molecular weight excluding hydrogens is 580 g/mol. The van der Waals surface area contributed by atoms with Gasteiger partial charge in [-0.05, 0) is 74.4 Å². The summed E-state index contributed by atoms with van der Waals surface area (Å²) in [5, 5.41) is 9.31. The number of carbonyl (C=O) groups excluding carboxylic acids is 1. The maximum atomic E-state index is 11.0. The zero-order valence-electron chi connectivity index (χ0n) is 26.3. The summed E-state index contributed by atoms with van der Waals surface area (Å²) in [6.45, 7) is 4.88. The van der Waals surface area contributed by atoms with E-state index in [0.29, 0.717) is 45.6 Å². The van der Waals surface area contributed by atoms with Gasteiger partial charge in [-0.25, -0.2) is 0 Å². The SMILES string of the molecule is COc1ccc(C(C)=O)cc1OC.COc1ccc([C@@H](C)O)cc1OC.COc1ccc([C@@H](C)OS(C)(=O)=O)cc1OC. The summed E-state index contributed by atoms with van der Waals surface area (Å²) < 4.78 is 57.4. The summed E-state index contributed by atoms with van der Waals surface area (Å²) in [5.41, 5.74) is 2.14. The van der Waals surface area contributed by atoms with Gasteiger partial charge >= 0.3 is 0 Å². The lowest BCUT2D eigenvalue weighted by Crippen LogP contribution is -2.07. The van der Waals surface area contributed by atoms with Gasteiger partial charge in [0.25, 0.3) is 10.1 Å². The molecule has 0 aliphatic rings. The molecule has 0 amide bonds. The molecule has 238 valence electrons. The molecule has 3 rings (SSSR count). The van der Waals surface area contributed by atoms with Crippen LogP contribution in [0.4, 0.5) is 0 Å². The van der Waals surface area contributed by atoms with Crippen LogP contribution in [0, 0.1) is 0 Å². The highest BCUT2D eigenvalue weighted by Crippen LogP contribution is 2.32. The number of carbonyl (C=O) groups is 1. The minimum atomic E-state index is -3.48. The van der Waals surface area contributed by atoms with Crippen LogP contribution in [0.5, 0.6) is 34.5 Å². The Bertz CT molecular complexity index is 1420. The molecular formula is C31H42O11S. The van der Waals surface area contributed by atoms with Crippen LogP contribution in [0.15, 0.2) is 54.6 Å². The number of hydrogen-bond acceptors (Lipinski definition) is 11. The standard InChI is InChI=1S/C11H16O5S.C10H14O3.C10H12O3/c1-8(16-17(4,12)13)9-5-6-10(14-2)11(7-9)15-3;2*1-7(11)8-4-5-9(12-2)10(6-8)13-3/h5-8H,1-4H3;4-7,11H,1-3H3;4-6H,1-3H3/t8-;7-;/m11./s1. The Morgan fingerprint density at radius 1 is 0.628 bits per heavy atom. The van der Waals surface area contributed by atoms with Crippen molar-refractivity contribution in [1.82, 2.24) is 0 Å². The molecule has 2 atom stereocenters. The number of hydrogen-bond donors (Lipinski definition) is 1. The van der Waals surface area contributed by atoms with E-state index in [4.69, 9.17) is 32.6 Å². The van der Waals surface area contributed by atoms with Gasteiger partial charge in [-0.1, -0.05) is 12.1 Å². The minimum Gasteiger partial charge on any atom is -0.493 e. The molecule has 43 heavy (non-hydrogen) atoms. The second-order valence-corrected chi connectivity index (χ2v) is 10.6. The third-order valence-corrected chi connectivity index (χ3v) is 6.51. The van der Waals surface area contributed by atoms with Crippen molar-refractivity contribution in [3.8, 4) is 34.5 Å². The first kappa shape index (κ1) is 37.0. The van der Waals surface area contributed by atoms with Gasteiger partial charge in [0.2, 0.25) is 0 Å². The van der Waals surface area contributed by atoms with Crippen molar-refractivity contribution in [2.45, 2.75) is 33.0 Å². The van der Waals surface area contributed by atoms with Crippen LogP contribution in [-0.4, -0.2) is 68.2 Å². The largest absolute Gasteiger partial charge is 0.493 e. The van der Waals surface area contributed by atoms with E-state index in [1.54, 1.807) is 90.8 Å². The van der Waals surface area contributed by atoms with Crippen molar-refractivity contribution in [3.05, 3.63) is 71.3 Å². The Balaban J connectivity index is 0.000000327. The highest BCUT2D eigenvalue weighted by molar-refractivity contribution is 7.86. The summed E-state index contributed by atoms with van der Waals surface area (Å²) in [6, 6.07) is 15.6. The highest BCUT2D eigenvalue weighted by Gasteiger charge is 2.15. The van der Waals surface area contributed by atoms with Crippen LogP contribution < -0.4 is 28.4 Å². The van der Waals surface area contributed by atoms with Gasteiger partial charge in [-0.15, -0.1) is 0 Å². The molecule has 0 saturated carbocycles. The Morgan fingerprint density at radius 2 is 1.00 bits per heavy atom. The van der Waals surface area contributed by atoms with Crippen molar-refractivity contribution < 1.29 is 50.9 Å². The fourth-order valence-corrected chi connectivity index (χ4v) is 4.23. The zero-order chi connectivity index (χ0) is 32.7. The third kappa shape index (κ3) is 12.0. The van der Waals surface area contributed by atoms with E-state index >= 15 is 0 Å². The molecule has 0 radical (unpaired) electrons. The summed E-state index contributed by atoms with van der Waals surface area (Å²) in [6.07, 6.45) is -0.0332. The Labute approximate surface area is 254 Å². The number of aliphatic hydroxyl groups excluding tert-OH is 1. The average molecular weight is 623 g/mol. The average Bonchev–Trinajstić information content (AvgIpc) is 2.99. The van der Waals surface area contributed by atoms with E-state index in [1.807, 2.05) is 6.07 Å². The Morgan fingerprint density at radius 3 is 1.37 bits per heavy atom. The maximum absolute atomic E-state index is 11.0. The number of benzene rings is 3. The number of aliphatic hydroxyl groups is 1. The van der Waals surface area contributed by atoms with E-state index in [-0.39, 0.29) is 5.78 Å². The summed E-state index contributed by atoms with van der Waals surface area (Å²) in [4.78, 5) is 11.0. The van der Waals surface area contributed by atoms with E-state index in [9.17, 15) is 18.3 Å². The summed E-state index contributed by atoms with van der Waals surface area (Å²) >= 11 is 0. The molecule has 0 spiro atoms. The van der Waals surface area contributed by atoms with E-state index in [1.165, 1.54) is 21.1 Å². The van der Waals surface area contributed by atoms with Crippen LogP contribution in [0.25, 0.3) is 0 Å². The third-order valence-electron chi connectivity index (χ3n) is 5.88. The van der Waals surface area contributed by atoms with E-state index in [0.717, 1.165) is 11.8 Å². The molecule has 0 heterocycles. The van der Waals surface area contributed by atoms with Gasteiger partial charge in [0.15, 0.2) is 40.3 Å². The molecule has 3 aromatic carbocycles. The number of Topliss-reactive ketones (excluding diaryl/α,β-unsaturated/α-hetero) is 1. The molecule has 3 aromatic rings. The van der Waals surface area contributed by atoms with Crippen LogP contribution in [-0.2, 0) is 14.3 Å². The van der Waals surface area contributed by atoms with Gasteiger partial charge in [-0.2, -0.15) is 8.42 Å². The molecule has 0 aromatic heterocycles. The molecule has 12 heteroatoms. The fraction of sp³-hybridized carbons (Fsp3) is 0.387. The molecule has 0 unspecified atom stereocenters. The highest BCUT2D eigenvalue weighted by atomic mass is 32.2. The van der Waals surface area contributed by atoms with E-state index in [2.05, 4.69) is 0 Å². The van der Waals surface area contributed by atoms with Crippen molar-refractivity contribution in [2.24, 2.45) is 0 Å². The summed E-state index contributed by atoms with van der Waals surface area (Å²) in [7, 11) is 5.83. The van der Waals surface area contributed by atoms with Crippen molar-refractivity contribution in [1.29, 1.82) is 0 Å². The molecule has 0 bridgehead atoms. The first-order valence-corrected chi connectivity index (χ1v) is 14.8. The Kier molecular flexibility index (Phi) is 15.4. The van der Waals surface area contributed by atoms with Crippen molar-refractivity contribution in [3.63, 3.8) is 0 Å². The fourth-order valence-electron chi connectivity index (χ4n) is 3.59. The van der Waals surface area contributed by atoms with Crippen molar-refractivity contribution in [2.75, 3.05) is 48.9 Å². The predicted octanol–water partition coefficient (Wildman–Crippen LogP) is 5.40. The topological polar surface area (TPSA) is 136 Å². The zero-order valence-corrected chi connectivity index (χ0v) is 27.1. The second-order valence-electron chi connectivity index (χ2n) is 8.97. The first-order valence-electron chi connectivity index (χ1n) is 13.0. The maximum Gasteiger partial charge on any atom is 0.264 e. The quantitative estimate of drug-likeness (QED) is 0.217. The first-order chi connectivity index (χ1) is 20.2. The molecule has 11 nitrogen and oxygen atoms in total. The smallest absolute Gasteiger partial charge is 0.264 e. The lowest BCUT2D eigenvalue weighted by molar-refractivity contribution is 0.101. The number of rotatable bonds is 11. The number of ether oxygens (including phenoxy) is 6.